The fraction of sp³-hybridized carbons (Fsp3) is 0.389. The zero-order valence-corrected chi connectivity index (χ0v) is 16.3. The lowest BCUT2D eigenvalue weighted by Gasteiger charge is -2.37. The number of nitrogens with zero attached hydrogens (tertiary/aromatic N) is 2. The van der Waals surface area contributed by atoms with Crippen molar-refractivity contribution in [3.05, 3.63) is 62.3 Å². The monoisotopic (exact) mass is 396 g/mol. The fourth-order valence-corrected chi connectivity index (χ4v) is 3.50. The van der Waals surface area contributed by atoms with Crippen LogP contribution in [0.2, 0.25) is 5.02 Å². The van der Waals surface area contributed by atoms with Crippen LogP contribution in [0.25, 0.3) is 0 Å². The van der Waals surface area contributed by atoms with Crippen molar-refractivity contribution in [3.8, 4) is 0 Å². The summed E-state index contributed by atoms with van der Waals surface area (Å²) in [5, 5.41) is 3.95. The van der Waals surface area contributed by atoms with E-state index < -0.39 is 0 Å². The summed E-state index contributed by atoms with van der Waals surface area (Å²) in [7, 11) is 0. The van der Waals surface area contributed by atoms with E-state index in [0.717, 1.165) is 5.56 Å². The number of aromatic nitrogens is 2. The highest BCUT2D eigenvalue weighted by molar-refractivity contribution is 6.31. The summed E-state index contributed by atoms with van der Waals surface area (Å²) in [6.07, 6.45) is 0.0371. The summed E-state index contributed by atoms with van der Waals surface area (Å²) in [4.78, 5) is 33.8. The van der Waals surface area contributed by atoms with Crippen LogP contribution in [0.1, 0.15) is 28.7 Å². The Labute approximate surface area is 163 Å². The van der Waals surface area contributed by atoms with Crippen molar-refractivity contribution in [2.75, 3.05) is 19.6 Å². The molecule has 1 aromatic carbocycles. The lowest BCUT2D eigenvalue weighted by molar-refractivity contribution is -0.133. The van der Waals surface area contributed by atoms with E-state index in [0.29, 0.717) is 41.7 Å². The molecule has 1 aliphatic heterocycles. The van der Waals surface area contributed by atoms with Crippen LogP contribution >= 0.6 is 24.0 Å². The van der Waals surface area contributed by atoms with Gasteiger partial charge in [0.05, 0.1) is 12.5 Å². The third-order valence-corrected chi connectivity index (χ3v) is 4.84. The second-order valence-electron chi connectivity index (χ2n) is 6.22. The van der Waals surface area contributed by atoms with Gasteiger partial charge in [0.1, 0.15) is 5.82 Å². The zero-order chi connectivity index (χ0) is 18.0. The summed E-state index contributed by atoms with van der Waals surface area (Å²) in [6, 6.07) is 7.40. The maximum absolute atomic E-state index is 12.9. The SMILES string of the molecule is Cc1nc(C)c(CC(=O)N2CCNCC2c2ccccc2Cl)c(=O)[nH]1.Cl. The average Bonchev–Trinajstić information content (AvgIpc) is 2.58. The Hall–Kier alpha value is -1.89. The van der Waals surface area contributed by atoms with Crippen LogP contribution in [-0.4, -0.2) is 40.4 Å². The molecule has 0 radical (unpaired) electrons. The van der Waals surface area contributed by atoms with E-state index >= 15 is 0 Å². The van der Waals surface area contributed by atoms with Gasteiger partial charge in [-0.2, -0.15) is 0 Å². The van der Waals surface area contributed by atoms with Gasteiger partial charge >= 0.3 is 0 Å². The van der Waals surface area contributed by atoms with Crippen molar-refractivity contribution >= 4 is 29.9 Å². The number of hydrogen-bond acceptors (Lipinski definition) is 4. The van der Waals surface area contributed by atoms with Crippen LogP contribution in [0.3, 0.4) is 0 Å². The molecule has 1 aromatic heterocycles. The van der Waals surface area contributed by atoms with Gasteiger partial charge in [0.25, 0.3) is 5.56 Å². The average molecular weight is 397 g/mol. The maximum atomic E-state index is 12.9. The van der Waals surface area contributed by atoms with Crippen LogP contribution in [0.5, 0.6) is 0 Å². The molecule has 0 bridgehead atoms. The highest BCUT2D eigenvalue weighted by Gasteiger charge is 2.29. The number of amides is 1. The predicted molar refractivity (Wildman–Crippen MR) is 104 cm³/mol. The molecule has 1 fully saturated rings. The fourth-order valence-electron chi connectivity index (χ4n) is 3.24. The molecule has 1 saturated heterocycles. The standard InChI is InChI=1S/C18H21ClN4O2.ClH/c1-11-14(18(25)22-12(2)21-11)9-17(24)23-8-7-20-10-16(23)13-5-3-4-6-15(13)19;/h3-6,16,20H,7-10H2,1-2H3,(H,21,22,25);1H. The summed E-state index contributed by atoms with van der Waals surface area (Å²) >= 11 is 6.32. The molecule has 26 heavy (non-hydrogen) atoms. The molecule has 1 unspecified atom stereocenters. The van der Waals surface area contributed by atoms with Gasteiger partial charge in [-0.05, 0) is 25.5 Å². The van der Waals surface area contributed by atoms with E-state index in [1.165, 1.54) is 0 Å². The lowest BCUT2D eigenvalue weighted by atomic mass is 10.0. The molecule has 140 valence electrons. The summed E-state index contributed by atoms with van der Waals surface area (Å²) in [5.41, 5.74) is 1.69. The second-order valence-corrected chi connectivity index (χ2v) is 6.63. The normalized spacial score (nSPS) is 16.9. The molecule has 8 heteroatoms. The molecule has 2 aromatic rings. The number of aromatic amines is 1. The zero-order valence-electron chi connectivity index (χ0n) is 14.7. The van der Waals surface area contributed by atoms with E-state index in [2.05, 4.69) is 15.3 Å². The van der Waals surface area contributed by atoms with Crippen molar-refractivity contribution in [3.63, 3.8) is 0 Å². The van der Waals surface area contributed by atoms with Gasteiger partial charge in [0, 0.05) is 35.9 Å². The number of piperazine rings is 1. The molecule has 0 spiro atoms. The number of carbonyl (C=O) groups is 1. The third kappa shape index (κ3) is 4.26. The number of aryl methyl sites for hydroxylation is 2. The Morgan fingerprint density at radius 2 is 2.08 bits per heavy atom. The molecule has 0 aliphatic carbocycles. The Kier molecular flexibility index (Phi) is 6.81. The van der Waals surface area contributed by atoms with Crippen molar-refractivity contribution < 1.29 is 4.79 Å². The van der Waals surface area contributed by atoms with Gasteiger partial charge in [0.2, 0.25) is 5.91 Å². The molecule has 1 amide bonds. The lowest BCUT2D eigenvalue weighted by Crippen LogP contribution is -2.49. The van der Waals surface area contributed by atoms with Gasteiger partial charge < -0.3 is 15.2 Å². The topological polar surface area (TPSA) is 78.1 Å². The van der Waals surface area contributed by atoms with Crippen molar-refractivity contribution in [2.45, 2.75) is 26.3 Å². The van der Waals surface area contributed by atoms with E-state index in [-0.39, 0.29) is 36.3 Å². The van der Waals surface area contributed by atoms with Gasteiger partial charge in [-0.25, -0.2) is 4.98 Å². The first-order chi connectivity index (χ1) is 12.0. The number of H-pyrrole nitrogens is 1. The van der Waals surface area contributed by atoms with Crippen molar-refractivity contribution in [1.29, 1.82) is 0 Å². The van der Waals surface area contributed by atoms with Crippen LogP contribution in [0.4, 0.5) is 0 Å². The minimum Gasteiger partial charge on any atom is -0.333 e. The Bertz CT molecular complexity index is 853. The minimum atomic E-state index is -0.247. The number of rotatable bonds is 3. The number of carbonyl (C=O) groups excluding carboxylic acids is 1. The molecule has 0 saturated carbocycles. The third-order valence-electron chi connectivity index (χ3n) is 4.50. The number of halogens is 2. The number of nitrogens with one attached hydrogen (secondary N) is 2. The quantitative estimate of drug-likeness (QED) is 0.833. The minimum absolute atomic E-state index is 0. The molecular formula is C18H22Cl2N4O2. The van der Waals surface area contributed by atoms with Gasteiger partial charge in [0.15, 0.2) is 0 Å². The van der Waals surface area contributed by atoms with Crippen molar-refractivity contribution in [2.24, 2.45) is 0 Å². The van der Waals surface area contributed by atoms with Gasteiger partial charge in [-0.1, -0.05) is 29.8 Å². The van der Waals surface area contributed by atoms with Gasteiger partial charge in [-0.3, -0.25) is 9.59 Å². The second kappa shape index (κ2) is 8.66. The predicted octanol–water partition coefficient (Wildman–Crippen LogP) is 2.18. The van der Waals surface area contributed by atoms with Gasteiger partial charge in [-0.15, -0.1) is 12.4 Å². The Morgan fingerprint density at radius 1 is 1.35 bits per heavy atom. The van der Waals surface area contributed by atoms with E-state index in [1.54, 1.807) is 18.7 Å². The highest BCUT2D eigenvalue weighted by Crippen LogP contribution is 2.28. The maximum Gasteiger partial charge on any atom is 0.254 e. The molecule has 2 N–H and O–H groups in total. The number of hydrogen-bond donors (Lipinski definition) is 2. The van der Waals surface area contributed by atoms with Crippen molar-refractivity contribution in [1.82, 2.24) is 20.2 Å². The van der Waals surface area contributed by atoms with E-state index in [4.69, 9.17) is 11.6 Å². The smallest absolute Gasteiger partial charge is 0.254 e. The Balaban J connectivity index is 0.00000243. The summed E-state index contributed by atoms with van der Waals surface area (Å²) in [5.74, 6) is 0.459. The largest absolute Gasteiger partial charge is 0.333 e. The van der Waals surface area contributed by atoms with Crippen LogP contribution < -0.4 is 10.9 Å². The van der Waals surface area contributed by atoms with Crippen LogP contribution in [-0.2, 0) is 11.2 Å². The highest BCUT2D eigenvalue weighted by atomic mass is 35.5. The first kappa shape index (κ1) is 20.4. The van der Waals surface area contributed by atoms with E-state index in [9.17, 15) is 9.59 Å². The summed E-state index contributed by atoms with van der Waals surface area (Å²) in [6.45, 7) is 5.41. The number of benzene rings is 1. The molecule has 1 atom stereocenters. The molecule has 2 heterocycles. The molecule has 3 rings (SSSR count). The van der Waals surface area contributed by atoms with Crippen LogP contribution in [0.15, 0.2) is 29.1 Å². The molecular weight excluding hydrogens is 375 g/mol. The van der Waals surface area contributed by atoms with Crippen LogP contribution in [0, 0.1) is 13.8 Å². The first-order valence-corrected chi connectivity index (χ1v) is 8.66. The Morgan fingerprint density at radius 3 is 2.77 bits per heavy atom. The van der Waals surface area contributed by atoms with E-state index in [1.807, 2.05) is 24.3 Å². The molecule has 1 aliphatic rings. The summed E-state index contributed by atoms with van der Waals surface area (Å²) < 4.78 is 0. The first-order valence-electron chi connectivity index (χ1n) is 8.28. The molecule has 6 nitrogen and oxygen atoms in total.